The van der Waals surface area contributed by atoms with Crippen LogP contribution in [0.1, 0.15) is 23.0 Å². The number of nitrogens with one attached hydrogen (secondary N) is 1. The highest BCUT2D eigenvalue weighted by molar-refractivity contribution is 6.01. The molecule has 0 atom stereocenters. The van der Waals surface area contributed by atoms with Gasteiger partial charge in [0.2, 0.25) is 0 Å². The number of para-hydroxylation sites is 1. The number of fused-ring (bicyclic) bond motifs is 1. The molecule has 0 fully saturated rings. The van der Waals surface area contributed by atoms with Crippen molar-refractivity contribution in [2.24, 2.45) is 5.10 Å². The largest absolute Gasteiger partial charge is 0.455 e. The summed E-state index contributed by atoms with van der Waals surface area (Å²) in [5.41, 5.74) is 10.6. The first-order valence-electron chi connectivity index (χ1n) is 6.82. The molecule has 3 rings (SSSR count). The maximum Gasteiger partial charge on any atom is 0.271 e. The molecule has 0 radical (unpaired) electrons. The lowest BCUT2D eigenvalue weighted by atomic mass is 10.2. The van der Waals surface area contributed by atoms with Crippen molar-refractivity contribution in [2.45, 2.75) is 6.92 Å². The smallest absolute Gasteiger partial charge is 0.271 e. The number of carbonyl (C=O) groups excluding carboxylic acids is 1. The van der Waals surface area contributed by atoms with Crippen molar-refractivity contribution < 1.29 is 9.21 Å². The third-order valence-electron chi connectivity index (χ3n) is 3.28. The number of nitrogens with zero attached hydrogens (tertiary/aromatic N) is 1. The second-order valence-electron chi connectivity index (χ2n) is 4.91. The van der Waals surface area contributed by atoms with Gasteiger partial charge in [0, 0.05) is 16.6 Å². The molecule has 5 heteroatoms. The number of nitrogens with two attached hydrogens (primary N) is 1. The lowest BCUT2D eigenvalue weighted by Gasteiger charge is -2.01. The van der Waals surface area contributed by atoms with Crippen LogP contribution in [0.3, 0.4) is 0 Å². The van der Waals surface area contributed by atoms with E-state index in [4.69, 9.17) is 10.2 Å². The summed E-state index contributed by atoms with van der Waals surface area (Å²) < 4.78 is 5.68. The van der Waals surface area contributed by atoms with Crippen molar-refractivity contribution >= 4 is 28.3 Å². The zero-order chi connectivity index (χ0) is 15.5. The fourth-order valence-corrected chi connectivity index (χ4v) is 2.05. The summed E-state index contributed by atoms with van der Waals surface area (Å²) in [6.07, 6.45) is 0. The predicted octanol–water partition coefficient (Wildman–Crippen LogP) is 3.17. The number of furan rings is 1. The van der Waals surface area contributed by atoms with Gasteiger partial charge in [0.25, 0.3) is 5.91 Å². The summed E-state index contributed by atoms with van der Waals surface area (Å²) in [6.45, 7) is 1.78. The topological polar surface area (TPSA) is 80.6 Å². The van der Waals surface area contributed by atoms with E-state index in [2.05, 4.69) is 10.5 Å². The summed E-state index contributed by atoms with van der Waals surface area (Å²) in [5.74, 6) is 0.328. The van der Waals surface area contributed by atoms with Gasteiger partial charge < -0.3 is 10.2 Å². The highest BCUT2D eigenvalue weighted by Gasteiger charge is 2.08. The molecule has 2 aromatic carbocycles. The summed E-state index contributed by atoms with van der Waals surface area (Å²) in [7, 11) is 0. The Bertz CT molecular complexity index is 815. The van der Waals surface area contributed by atoms with E-state index in [1.165, 1.54) is 0 Å². The molecule has 5 nitrogen and oxygen atoms in total. The Balaban J connectivity index is 1.76. The van der Waals surface area contributed by atoms with Crippen molar-refractivity contribution in [3.8, 4) is 0 Å². The van der Waals surface area contributed by atoms with E-state index in [9.17, 15) is 4.79 Å². The first kappa shape index (κ1) is 13.9. The molecule has 0 unspecified atom stereocenters. The highest BCUT2D eigenvalue weighted by atomic mass is 16.3. The van der Waals surface area contributed by atoms with Crippen LogP contribution in [-0.4, -0.2) is 11.6 Å². The van der Waals surface area contributed by atoms with Crippen LogP contribution in [0.25, 0.3) is 11.0 Å². The quantitative estimate of drug-likeness (QED) is 0.442. The number of hydrazone groups is 1. The summed E-state index contributed by atoms with van der Waals surface area (Å²) in [5, 5.41) is 5.08. The zero-order valence-corrected chi connectivity index (χ0v) is 12.0. The molecule has 0 saturated carbocycles. The van der Waals surface area contributed by atoms with Crippen LogP contribution in [0.15, 0.2) is 64.1 Å². The average Bonchev–Trinajstić information content (AvgIpc) is 2.97. The van der Waals surface area contributed by atoms with Gasteiger partial charge in [0.15, 0.2) is 5.76 Å². The first-order chi connectivity index (χ1) is 10.6. The number of nitrogen functional groups attached to an aromatic ring is 1. The van der Waals surface area contributed by atoms with Crippen LogP contribution < -0.4 is 11.2 Å². The van der Waals surface area contributed by atoms with E-state index in [-0.39, 0.29) is 5.91 Å². The Kier molecular flexibility index (Phi) is 3.62. The van der Waals surface area contributed by atoms with Crippen molar-refractivity contribution in [2.75, 3.05) is 5.73 Å². The van der Waals surface area contributed by atoms with Gasteiger partial charge in [-0.25, -0.2) is 5.43 Å². The monoisotopic (exact) mass is 293 g/mol. The van der Waals surface area contributed by atoms with Crippen LogP contribution in [0, 0.1) is 0 Å². The molecule has 1 amide bonds. The van der Waals surface area contributed by atoms with E-state index in [1.54, 1.807) is 31.2 Å². The van der Waals surface area contributed by atoms with E-state index in [1.807, 2.05) is 30.3 Å². The highest BCUT2D eigenvalue weighted by Crippen LogP contribution is 2.19. The van der Waals surface area contributed by atoms with Gasteiger partial charge >= 0.3 is 0 Å². The van der Waals surface area contributed by atoms with Crippen LogP contribution in [0.4, 0.5) is 5.69 Å². The van der Waals surface area contributed by atoms with E-state index in [0.717, 1.165) is 11.0 Å². The van der Waals surface area contributed by atoms with Crippen molar-refractivity contribution in [3.63, 3.8) is 0 Å². The molecular weight excluding hydrogens is 278 g/mol. The van der Waals surface area contributed by atoms with Gasteiger partial charge in [-0.2, -0.15) is 5.10 Å². The number of hydrogen-bond acceptors (Lipinski definition) is 4. The number of benzene rings is 2. The predicted molar refractivity (Wildman–Crippen MR) is 86.7 cm³/mol. The van der Waals surface area contributed by atoms with E-state index < -0.39 is 0 Å². The molecule has 0 aliphatic rings. The number of rotatable bonds is 3. The minimum absolute atomic E-state index is 0.296. The third kappa shape index (κ3) is 2.83. The minimum Gasteiger partial charge on any atom is -0.455 e. The number of hydrogen-bond donors (Lipinski definition) is 2. The van der Waals surface area contributed by atoms with Gasteiger partial charge in [-0.05, 0) is 43.3 Å². The molecule has 1 aromatic heterocycles. The molecule has 1 heterocycles. The number of amides is 1. The Morgan fingerprint density at radius 1 is 1.14 bits per heavy atom. The Morgan fingerprint density at radius 3 is 2.59 bits per heavy atom. The van der Waals surface area contributed by atoms with Gasteiger partial charge in [-0.15, -0.1) is 0 Å². The Hall–Kier alpha value is -3.08. The molecule has 22 heavy (non-hydrogen) atoms. The van der Waals surface area contributed by atoms with Gasteiger partial charge in [-0.3, -0.25) is 4.79 Å². The molecule has 0 aliphatic heterocycles. The lowest BCUT2D eigenvalue weighted by Crippen LogP contribution is -2.19. The fraction of sp³-hybridized carbons (Fsp3) is 0.0588. The molecule has 110 valence electrons. The van der Waals surface area contributed by atoms with E-state index >= 15 is 0 Å². The summed E-state index contributed by atoms with van der Waals surface area (Å²) >= 11 is 0. The zero-order valence-electron chi connectivity index (χ0n) is 12.0. The maximum absolute atomic E-state index is 12.0. The number of anilines is 1. The molecule has 0 saturated heterocycles. The lowest BCUT2D eigenvalue weighted by molar-refractivity contribution is 0.0955. The molecule has 0 aliphatic carbocycles. The van der Waals surface area contributed by atoms with Crippen molar-refractivity contribution in [1.82, 2.24) is 5.43 Å². The van der Waals surface area contributed by atoms with Crippen LogP contribution in [-0.2, 0) is 0 Å². The van der Waals surface area contributed by atoms with E-state index in [0.29, 0.717) is 22.7 Å². The van der Waals surface area contributed by atoms with Gasteiger partial charge in [0.05, 0.1) is 0 Å². The minimum atomic E-state index is -0.296. The SMILES string of the molecule is CC(=NNC(=O)c1ccc(N)cc1)c1cc2ccccc2o1. The molecule has 3 N–H and O–H groups in total. The average molecular weight is 293 g/mol. The fourth-order valence-electron chi connectivity index (χ4n) is 2.05. The van der Waals surface area contributed by atoms with Crippen molar-refractivity contribution in [3.05, 3.63) is 65.9 Å². The normalized spacial score (nSPS) is 11.6. The number of carbonyl (C=O) groups is 1. The third-order valence-corrected chi connectivity index (χ3v) is 3.28. The summed E-state index contributed by atoms with van der Waals surface area (Å²) in [4.78, 5) is 12.0. The molecular formula is C17H15N3O2. The second-order valence-corrected chi connectivity index (χ2v) is 4.91. The summed E-state index contributed by atoms with van der Waals surface area (Å²) in [6, 6.07) is 16.2. The van der Waals surface area contributed by atoms with Crippen molar-refractivity contribution in [1.29, 1.82) is 0 Å². The maximum atomic E-state index is 12.0. The molecule has 0 spiro atoms. The molecule has 3 aromatic rings. The Morgan fingerprint density at radius 2 is 1.86 bits per heavy atom. The molecule has 0 bridgehead atoms. The van der Waals surface area contributed by atoms with Gasteiger partial charge in [-0.1, -0.05) is 18.2 Å². The standard InChI is InChI=1S/C17H15N3O2/c1-11(16-10-13-4-2-3-5-15(13)22-16)19-20-17(21)12-6-8-14(18)9-7-12/h2-10H,18H2,1H3,(H,20,21). The van der Waals surface area contributed by atoms with Crippen LogP contribution in [0.5, 0.6) is 0 Å². The van der Waals surface area contributed by atoms with Crippen LogP contribution >= 0.6 is 0 Å². The second kappa shape index (κ2) is 5.73. The Labute approximate surface area is 127 Å². The van der Waals surface area contributed by atoms with Gasteiger partial charge in [0.1, 0.15) is 11.3 Å². The first-order valence-corrected chi connectivity index (χ1v) is 6.82. The van der Waals surface area contributed by atoms with Crippen LogP contribution in [0.2, 0.25) is 0 Å².